The number of hydrogen-bond acceptors (Lipinski definition) is 4. The number of hydrogen-bond donors (Lipinski definition) is 1. The summed E-state index contributed by atoms with van der Waals surface area (Å²) in [5, 5.41) is 3.40. The zero-order chi connectivity index (χ0) is 17.6. The van der Waals surface area contributed by atoms with Crippen LogP contribution in [0, 0.1) is 5.92 Å². The fourth-order valence-electron chi connectivity index (χ4n) is 4.53. The van der Waals surface area contributed by atoms with Crippen molar-refractivity contribution in [1.82, 2.24) is 0 Å². The number of ether oxygens (including phenoxy) is 1. The van der Waals surface area contributed by atoms with E-state index in [-0.39, 0.29) is 11.7 Å². The molecule has 1 aliphatic carbocycles. The number of fused-ring (bicyclic) bond motifs is 3. The molecule has 0 radical (unpaired) electrons. The van der Waals surface area contributed by atoms with Crippen molar-refractivity contribution in [2.45, 2.75) is 38.1 Å². The van der Waals surface area contributed by atoms with E-state index in [2.05, 4.69) is 12.2 Å². The molecule has 2 aliphatic rings. The van der Waals surface area contributed by atoms with Crippen LogP contribution in [0.2, 0.25) is 0 Å². The van der Waals surface area contributed by atoms with Crippen molar-refractivity contribution in [2.75, 3.05) is 5.32 Å². The first kappa shape index (κ1) is 15.9. The van der Waals surface area contributed by atoms with Gasteiger partial charge in [0.05, 0.1) is 11.6 Å². The predicted molar refractivity (Wildman–Crippen MR) is 95.6 cm³/mol. The van der Waals surface area contributed by atoms with E-state index in [0.29, 0.717) is 5.75 Å². The van der Waals surface area contributed by atoms with Gasteiger partial charge in [-0.25, -0.2) is 4.79 Å². The molecule has 0 saturated carbocycles. The molecule has 25 heavy (non-hydrogen) atoms. The van der Waals surface area contributed by atoms with Gasteiger partial charge in [0.2, 0.25) is 0 Å². The van der Waals surface area contributed by atoms with Gasteiger partial charge in [-0.1, -0.05) is 49.7 Å². The van der Waals surface area contributed by atoms with Crippen LogP contribution in [0.1, 0.15) is 43.7 Å². The minimum absolute atomic E-state index is 0.0125. The highest BCUT2D eigenvalue weighted by atomic mass is 16.5. The number of esters is 1. The molecule has 0 saturated heterocycles. The fourth-order valence-corrected chi connectivity index (χ4v) is 4.53. The van der Waals surface area contributed by atoms with Crippen LogP contribution in [-0.2, 0) is 15.1 Å². The Morgan fingerprint density at radius 3 is 2.64 bits per heavy atom. The summed E-state index contributed by atoms with van der Waals surface area (Å²) in [5.74, 6) is -0.317. The molecule has 0 aromatic heterocycles. The molecule has 2 aromatic carbocycles. The minimum atomic E-state index is -1.14. The molecule has 0 amide bonds. The number of benzene rings is 2. The van der Waals surface area contributed by atoms with Gasteiger partial charge in [0.15, 0.2) is 11.3 Å². The summed E-state index contributed by atoms with van der Waals surface area (Å²) in [6.45, 7) is 3.68. The van der Waals surface area contributed by atoms with E-state index in [9.17, 15) is 9.59 Å². The first-order chi connectivity index (χ1) is 12.1. The lowest BCUT2D eigenvalue weighted by atomic mass is 9.75. The number of nitrogens with one attached hydrogen (secondary N) is 1. The van der Waals surface area contributed by atoms with Crippen molar-refractivity contribution in [1.29, 1.82) is 0 Å². The van der Waals surface area contributed by atoms with Crippen LogP contribution in [0.15, 0.2) is 48.5 Å². The number of Topliss-reactive ketones (excluding diaryl/α,β-unsaturated/α-hetero) is 1. The van der Waals surface area contributed by atoms with E-state index in [1.165, 1.54) is 0 Å². The quantitative estimate of drug-likeness (QED) is 0.680. The summed E-state index contributed by atoms with van der Waals surface area (Å²) in [5.41, 5.74) is 1.55. The van der Waals surface area contributed by atoms with Crippen molar-refractivity contribution in [3.05, 3.63) is 59.7 Å². The van der Waals surface area contributed by atoms with Gasteiger partial charge in [-0.15, -0.1) is 0 Å². The smallest absolute Gasteiger partial charge is 0.342 e. The molecule has 1 aliphatic heterocycles. The summed E-state index contributed by atoms with van der Waals surface area (Å²) < 4.78 is 5.68. The van der Waals surface area contributed by atoms with Crippen molar-refractivity contribution < 1.29 is 14.3 Å². The highest BCUT2D eigenvalue weighted by molar-refractivity contribution is 6.00. The van der Waals surface area contributed by atoms with Gasteiger partial charge in [0.1, 0.15) is 5.78 Å². The van der Waals surface area contributed by atoms with Crippen LogP contribution in [0.25, 0.3) is 0 Å². The number of anilines is 1. The van der Waals surface area contributed by atoms with Crippen molar-refractivity contribution in [2.24, 2.45) is 5.92 Å². The third-order valence-electron chi connectivity index (χ3n) is 5.44. The van der Waals surface area contributed by atoms with Crippen LogP contribution in [0.5, 0.6) is 5.75 Å². The molecule has 128 valence electrons. The number of carbonyl (C=O) groups excluding carboxylic acids is 2. The van der Waals surface area contributed by atoms with Crippen molar-refractivity contribution >= 4 is 17.4 Å². The standard InChI is InChI=1S/C21H21NO3/c1-3-8-15-14-9-4-5-10-16(14)21(19(15)13(2)23)20(24)25-18-12-7-6-11-17(18)22-21/h4-7,9-12,15,19,22H,3,8H2,1-2H3. The first-order valence-corrected chi connectivity index (χ1v) is 8.79. The van der Waals surface area contributed by atoms with Crippen molar-refractivity contribution in [3.63, 3.8) is 0 Å². The molecule has 1 spiro atoms. The summed E-state index contributed by atoms with van der Waals surface area (Å²) in [4.78, 5) is 25.9. The summed E-state index contributed by atoms with van der Waals surface area (Å²) >= 11 is 0. The van der Waals surface area contributed by atoms with E-state index >= 15 is 0 Å². The molecular formula is C21H21NO3. The van der Waals surface area contributed by atoms with E-state index in [1.54, 1.807) is 13.0 Å². The van der Waals surface area contributed by atoms with Gasteiger partial charge in [-0.3, -0.25) is 4.79 Å². The van der Waals surface area contributed by atoms with Crippen LogP contribution >= 0.6 is 0 Å². The fraction of sp³-hybridized carbons (Fsp3) is 0.333. The number of ketones is 1. The lowest BCUT2D eigenvalue weighted by Gasteiger charge is -2.39. The highest BCUT2D eigenvalue weighted by Gasteiger charge is 2.61. The number of carbonyl (C=O) groups is 2. The van der Waals surface area contributed by atoms with E-state index in [0.717, 1.165) is 29.7 Å². The zero-order valence-electron chi connectivity index (χ0n) is 14.4. The summed E-state index contributed by atoms with van der Waals surface area (Å²) in [6, 6.07) is 15.2. The molecule has 1 N–H and O–H groups in total. The third-order valence-corrected chi connectivity index (χ3v) is 5.44. The third kappa shape index (κ3) is 2.13. The monoisotopic (exact) mass is 335 g/mol. The Morgan fingerprint density at radius 2 is 1.88 bits per heavy atom. The van der Waals surface area contributed by atoms with Gasteiger partial charge in [-0.05, 0) is 42.5 Å². The molecule has 0 bridgehead atoms. The number of rotatable bonds is 3. The first-order valence-electron chi connectivity index (χ1n) is 8.79. The second kappa shape index (κ2) is 5.73. The van der Waals surface area contributed by atoms with Gasteiger partial charge < -0.3 is 10.1 Å². The largest absolute Gasteiger partial charge is 0.422 e. The second-order valence-electron chi connectivity index (χ2n) is 6.89. The van der Waals surface area contributed by atoms with Crippen LogP contribution in [0.4, 0.5) is 5.69 Å². The molecular weight excluding hydrogens is 314 g/mol. The normalized spacial score (nSPS) is 26.6. The van der Waals surface area contributed by atoms with Crippen molar-refractivity contribution in [3.8, 4) is 5.75 Å². The molecule has 2 aromatic rings. The Balaban J connectivity index is 1.95. The maximum Gasteiger partial charge on any atom is 0.342 e. The molecule has 3 unspecified atom stereocenters. The molecule has 0 fully saturated rings. The summed E-state index contributed by atoms with van der Waals surface area (Å²) in [6.07, 6.45) is 1.81. The van der Waals surface area contributed by atoms with Gasteiger partial charge in [-0.2, -0.15) is 0 Å². The van der Waals surface area contributed by atoms with E-state index < -0.39 is 17.4 Å². The summed E-state index contributed by atoms with van der Waals surface area (Å²) in [7, 11) is 0. The number of para-hydroxylation sites is 2. The predicted octanol–water partition coefficient (Wildman–Crippen LogP) is 4.02. The lowest BCUT2D eigenvalue weighted by molar-refractivity contribution is -0.146. The lowest BCUT2D eigenvalue weighted by Crippen LogP contribution is -2.54. The molecule has 4 heteroatoms. The average Bonchev–Trinajstić information content (AvgIpc) is 2.88. The molecule has 4 nitrogen and oxygen atoms in total. The van der Waals surface area contributed by atoms with Crippen LogP contribution in [0.3, 0.4) is 0 Å². The second-order valence-corrected chi connectivity index (χ2v) is 6.89. The average molecular weight is 335 g/mol. The minimum Gasteiger partial charge on any atom is -0.422 e. The van der Waals surface area contributed by atoms with E-state index in [4.69, 9.17) is 4.74 Å². The Kier molecular flexibility index (Phi) is 3.64. The molecule has 3 atom stereocenters. The Hall–Kier alpha value is -2.62. The Labute approximate surface area is 147 Å². The van der Waals surface area contributed by atoms with Crippen LogP contribution in [-0.4, -0.2) is 11.8 Å². The van der Waals surface area contributed by atoms with Gasteiger partial charge >= 0.3 is 5.97 Å². The molecule has 4 rings (SSSR count). The van der Waals surface area contributed by atoms with E-state index in [1.807, 2.05) is 42.5 Å². The maximum atomic E-state index is 13.2. The van der Waals surface area contributed by atoms with Gasteiger partial charge in [0, 0.05) is 0 Å². The highest BCUT2D eigenvalue weighted by Crippen LogP contribution is 2.55. The van der Waals surface area contributed by atoms with Gasteiger partial charge in [0.25, 0.3) is 0 Å². The Bertz CT molecular complexity index is 860. The Morgan fingerprint density at radius 1 is 1.16 bits per heavy atom. The SMILES string of the molecule is CCCC1c2ccccc2C2(Nc3ccccc3OC2=O)C1C(C)=O. The molecule has 1 heterocycles. The topological polar surface area (TPSA) is 55.4 Å². The zero-order valence-corrected chi connectivity index (χ0v) is 14.4. The van der Waals surface area contributed by atoms with Crippen LogP contribution < -0.4 is 10.1 Å². The maximum absolute atomic E-state index is 13.2.